The zero-order valence-corrected chi connectivity index (χ0v) is 11.5. The van der Waals surface area contributed by atoms with Crippen molar-refractivity contribution in [1.29, 1.82) is 0 Å². The van der Waals surface area contributed by atoms with E-state index in [1.807, 2.05) is 43.3 Å². The van der Waals surface area contributed by atoms with Crippen molar-refractivity contribution in [3.05, 3.63) is 53.7 Å². The zero-order chi connectivity index (χ0) is 14.4. The number of hydrogen-bond donors (Lipinski definition) is 3. The normalized spacial score (nSPS) is 11.4. The molecule has 2 rings (SSSR count). The second kappa shape index (κ2) is 6.73. The van der Waals surface area contributed by atoms with Crippen molar-refractivity contribution in [1.82, 2.24) is 10.7 Å². The molecule has 0 spiro atoms. The van der Waals surface area contributed by atoms with E-state index in [2.05, 4.69) is 22.9 Å². The molecule has 4 nitrogen and oxygen atoms in total. The molecule has 0 aliphatic heterocycles. The molecule has 0 radical (unpaired) electrons. The molecular weight excluding hydrogens is 250 g/mol. The molecule has 4 N–H and O–H groups in total. The van der Waals surface area contributed by atoms with E-state index in [9.17, 15) is 4.79 Å². The highest BCUT2D eigenvalue weighted by atomic mass is 16.2. The van der Waals surface area contributed by atoms with Crippen LogP contribution in [0, 0.1) is 0 Å². The molecule has 104 valence electrons. The van der Waals surface area contributed by atoms with Crippen LogP contribution in [0.25, 0.3) is 16.8 Å². The third-order valence-corrected chi connectivity index (χ3v) is 3.03. The maximum absolute atomic E-state index is 11.7. The Labute approximate surface area is 118 Å². The Morgan fingerprint density at radius 3 is 2.65 bits per heavy atom. The van der Waals surface area contributed by atoms with Gasteiger partial charge < -0.3 is 5.32 Å². The minimum Gasteiger partial charge on any atom is -0.381 e. The molecule has 20 heavy (non-hydrogen) atoms. The number of carbonyl (C=O) groups excluding carboxylic acids is 1. The highest BCUT2D eigenvalue weighted by molar-refractivity contribution is 5.97. The fraction of sp³-hybridized carbons (Fsp3) is 0.188. The van der Waals surface area contributed by atoms with Crippen LogP contribution in [-0.4, -0.2) is 12.5 Å². The van der Waals surface area contributed by atoms with E-state index in [0.29, 0.717) is 5.70 Å². The summed E-state index contributed by atoms with van der Waals surface area (Å²) in [7, 11) is 0. The number of nitrogens with two attached hydrogens (primary N) is 1. The molecule has 0 unspecified atom stereocenters. The molecule has 4 heteroatoms. The summed E-state index contributed by atoms with van der Waals surface area (Å²) in [4.78, 5) is 11.7. The SMILES string of the molecule is CCCN/C(=C\c1ccc2ccccc2c1)C(=O)NN. The maximum atomic E-state index is 11.7. The summed E-state index contributed by atoms with van der Waals surface area (Å²) in [6.07, 6.45) is 2.75. The lowest BCUT2D eigenvalue weighted by Gasteiger charge is -2.09. The van der Waals surface area contributed by atoms with Crippen molar-refractivity contribution < 1.29 is 4.79 Å². The Morgan fingerprint density at radius 2 is 1.95 bits per heavy atom. The van der Waals surface area contributed by atoms with Gasteiger partial charge in [0.1, 0.15) is 5.70 Å². The first-order chi connectivity index (χ1) is 9.74. The van der Waals surface area contributed by atoms with Gasteiger partial charge in [0.25, 0.3) is 5.91 Å². The van der Waals surface area contributed by atoms with Crippen LogP contribution in [0.15, 0.2) is 48.2 Å². The van der Waals surface area contributed by atoms with Gasteiger partial charge in [-0.1, -0.05) is 43.3 Å². The lowest BCUT2D eigenvalue weighted by atomic mass is 10.1. The van der Waals surface area contributed by atoms with Crippen molar-refractivity contribution in [2.75, 3.05) is 6.54 Å². The van der Waals surface area contributed by atoms with Crippen LogP contribution in [-0.2, 0) is 4.79 Å². The number of benzene rings is 2. The minimum atomic E-state index is -0.313. The molecule has 2 aromatic carbocycles. The van der Waals surface area contributed by atoms with Gasteiger partial charge in [-0.3, -0.25) is 10.2 Å². The largest absolute Gasteiger partial charge is 0.381 e. The first-order valence-corrected chi connectivity index (χ1v) is 6.70. The van der Waals surface area contributed by atoms with Crippen molar-refractivity contribution >= 4 is 22.8 Å². The number of rotatable bonds is 5. The van der Waals surface area contributed by atoms with Gasteiger partial charge in [0.2, 0.25) is 0 Å². The maximum Gasteiger partial charge on any atom is 0.281 e. The lowest BCUT2D eigenvalue weighted by molar-refractivity contribution is -0.117. The van der Waals surface area contributed by atoms with Crippen LogP contribution < -0.4 is 16.6 Å². The topological polar surface area (TPSA) is 67.2 Å². The van der Waals surface area contributed by atoms with E-state index in [1.165, 1.54) is 5.39 Å². The van der Waals surface area contributed by atoms with Gasteiger partial charge in [0.15, 0.2) is 0 Å². The van der Waals surface area contributed by atoms with Gasteiger partial charge in [-0.05, 0) is 34.9 Å². The number of amides is 1. The van der Waals surface area contributed by atoms with Crippen LogP contribution >= 0.6 is 0 Å². The van der Waals surface area contributed by atoms with Crippen LogP contribution in [0.3, 0.4) is 0 Å². The summed E-state index contributed by atoms with van der Waals surface area (Å²) in [6.45, 7) is 2.77. The average Bonchev–Trinajstić information content (AvgIpc) is 2.50. The van der Waals surface area contributed by atoms with Gasteiger partial charge >= 0.3 is 0 Å². The molecule has 0 saturated carbocycles. The summed E-state index contributed by atoms with van der Waals surface area (Å²) in [6, 6.07) is 14.2. The highest BCUT2D eigenvalue weighted by Crippen LogP contribution is 2.17. The Balaban J connectivity index is 2.34. The summed E-state index contributed by atoms with van der Waals surface area (Å²) >= 11 is 0. The molecule has 1 amide bonds. The van der Waals surface area contributed by atoms with Crippen LogP contribution in [0.4, 0.5) is 0 Å². The van der Waals surface area contributed by atoms with E-state index in [-0.39, 0.29) is 5.91 Å². The quantitative estimate of drug-likeness (QED) is 0.337. The first-order valence-electron chi connectivity index (χ1n) is 6.70. The average molecular weight is 269 g/mol. The van der Waals surface area contributed by atoms with E-state index in [0.717, 1.165) is 23.9 Å². The van der Waals surface area contributed by atoms with E-state index in [1.54, 1.807) is 0 Å². The van der Waals surface area contributed by atoms with E-state index >= 15 is 0 Å². The number of hydrazine groups is 1. The van der Waals surface area contributed by atoms with E-state index < -0.39 is 0 Å². The fourth-order valence-corrected chi connectivity index (χ4v) is 2.00. The summed E-state index contributed by atoms with van der Waals surface area (Å²) in [5, 5.41) is 5.41. The molecule has 2 aromatic rings. The summed E-state index contributed by atoms with van der Waals surface area (Å²) in [5.74, 6) is 4.90. The number of fused-ring (bicyclic) bond motifs is 1. The number of nitrogens with one attached hydrogen (secondary N) is 2. The molecule has 0 bridgehead atoms. The molecule has 0 aromatic heterocycles. The Morgan fingerprint density at radius 1 is 1.20 bits per heavy atom. The van der Waals surface area contributed by atoms with Crippen LogP contribution in [0.2, 0.25) is 0 Å². The van der Waals surface area contributed by atoms with Crippen molar-refractivity contribution in [2.45, 2.75) is 13.3 Å². The molecule has 0 aliphatic carbocycles. The van der Waals surface area contributed by atoms with Gasteiger partial charge in [-0.2, -0.15) is 0 Å². The summed E-state index contributed by atoms with van der Waals surface area (Å²) < 4.78 is 0. The minimum absolute atomic E-state index is 0.313. The van der Waals surface area contributed by atoms with Gasteiger partial charge in [-0.15, -0.1) is 0 Å². The Kier molecular flexibility index (Phi) is 4.74. The van der Waals surface area contributed by atoms with Gasteiger partial charge in [-0.25, -0.2) is 5.84 Å². The molecular formula is C16H19N3O. The predicted octanol–water partition coefficient (Wildman–Crippen LogP) is 2.17. The lowest BCUT2D eigenvalue weighted by Crippen LogP contribution is -2.36. The third kappa shape index (κ3) is 3.36. The number of carbonyl (C=O) groups is 1. The fourth-order valence-electron chi connectivity index (χ4n) is 2.00. The van der Waals surface area contributed by atoms with Crippen molar-refractivity contribution in [2.24, 2.45) is 5.84 Å². The molecule has 0 atom stereocenters. The van der Waals surface area contributed by atoms with Crippen molar-refractivity contribution in [3.63, 3.8) is 0 Å². The second-order valence-electron chi connectivity index (χ2n) is 4.56. The monoisotopic (exact) mass is 269 g/mol. The smallest absolute Gasteiger partial charge is 0.281 e. The standard InChI is InChI=1S/C16H19N3O/c1-2-9-18-15(16(20)19-17)11-12-7-8-13-5-3-4-6-14(13)10-12/h3-8,10-11,18H,2,9,17H2,1H3,(H,19,20)/b15-11-. The molecule has 0 saturated heterocycles. The van der Waals surface area contributed by atoms with E-state index in [4.69, 9.17) is 5.84 Å². The zero-order valence-electron chi connectivity index (χ0n) is 11.5. The Bertz CT molecular complexity index is 634. The molecule has 0 aliphatic rings. The Hall–Kier alpha value is -2.33. The van der Waals surface area contributed by atoms with Gasteiger partial charge in [0.05, 0.1) is 0 Å². The first kappa shape index (κ1) is 14.1. The molecule has 0 fully saturated rings. The van der Waals surface area contributed by atoms with Gasteiger partial charge in [0, 0.05) is 6.54 Å². The second-order valence-corrected chi connectivity index (χ2v) is 4.56. The van der Waals surface area contributed by atoms with Crippen molar-refractivity contribution in [3.8, 4) is 0 Å². The number of hydrogen-bond acceptors (Lipinski definition) is 3. The highest BCUT2D eigenvalue weighted by Gasteiger charge is 2.06. The predicted molar refractivity (Wildman–Crippen MR) is 82.5 cm³/mol. The molecule has 0 heterocycles. The van der Waals surface area contributed by atoms with Crippen LogP contribution in [0.5, 0.6) is 0 Å². The summed E-state index contributed by atoms with van der Waals surface area (Å²) in [5.41, 5.74) is 3.60. The third-order valence-electron chi connectivity index (χ3n) is 3.03. The van der Waals surface area contributed by atoms with Crippen LogP contribution in [0.1, 0.15) is 18.9 Å².